The summed E-state index contributed by atoms with van der Waals surface area (Å²) in [6.45, 7) is 7.13. The Morgan fingerprint density at radius 3 is 1.78 bits per heavy atom. The fourth-order valence-electron chi connectivity index (χ4n) is 1.84. The van der Waals surface area contributed by atoms with E-state index in [1.807, 2.05) is 6.92 Å². The van der Waals surface area contributed by atoms with Crippen LogP contribution >= 0.6 is 0 Å². The average molecular weight is 251 g/mol. The van der Waals surface area contributed by atoms with Gasteiger partial charge in [-0.3, -0.25) is 0 Å². The second kappa shape index (κ2) is 6.77. The third-order valence-electron chi connectivity index (χ3n) is 2.77. The molecule has 0 heterocycles. The summed E-state index contributed by atoms with van der Waals surface area (Å²) in [5.74, 6) is 0. The number of isocyanates is 3. The number of rotatable bonds is 6. The highest BCUT2D eigenvalue weighted by atomic mass is 16.1. The molecule has 0 fully saturated rings. The SMILES string of the molecule is CCCC(N=C=O)C(N=C=O)(N=C=O)C(C)(C)C. The van der Waals surface area contributed by atoms with E-state index in [1.165, 1.54) is 18.2 Å². The molecular weight excluding hydrogens is 234 g/mol. The standard InChI is InChI=1S/C12H17N3O3/c1-5-6-10(13-7-16)12(14-8-17,15-9-18)11(2,3)4/h10H,5-6H2,1-4H3. The van der Waals surface area contributed by atoms with Crippen LogP contribution in [0.1, 0.15) is 40.5 Å². The molecule has 0 aliphatic heterocycles. The first kappa shape index (κ1) is 16.1. The van der Waals surface area contributed by atoms with E-state index in [-0.39, 0.29) is 0 Å². The summed E-state index contributed by atoms with van der Waals surface area (Å²) < 4.78 is 0. The molecule has 18 heavy (non-hydrogen) atoms. The smallest absolute Gasteiger partial charge is 0.211 e. The molecule has 0 radical (unpaired) electrons. The van der Waals surface area contributed by atoms with Crippen molar-refractivity contribution in [3.05, 3.63) is 0 Å². The van der Waals surface area contributed by atoms with Gasteiger partial charge >= 0.3 is 0 Å². The number of aliphatic imine (C=N–C) groups is 3. The molecule has 0 aliphatic carbocycles. The molecule has 1 atom stereocenters. The van der Waals surface area contributed by atoms with E-state index in [2.05, 4.69) is 15.0 Å². The molecule has 6 nitrogen and oxygen atoms in total. The molecule has 98 valence electrons. The first-order valence-corrected chi connectivity index (χ1v) is 5.64. The third kappa shape index (κ3) is 3.31. The van der Waals surface area contributed by atoms with Crippen LogP contribution in [-0.4, -0.2) is 29.9 Å². The van der Waals surface area contributed by atoms with Gasteiger partial charge in [0.05, 0.1) is 0 Å². The minimum absolute atomic E-state index is 0.447. The van der Waals surface area contributed by atoms with Gasteiger partial charge < -0.3 is 0 Å². The minimum atomic E-state index is -1.47. The molecule has 0 spiro atoms. The third-order valence-corrected chi connectivity index (χ3v) is 2.77. The summed E-state index contributed by atoms with van der Waals surface area (Å²) in [5.41, 5.74) is -2.16. The van der Waals surface area contributed by atoms with E-state index in [9.17, 15) is 14.4 Å². The number of nitrogens with zero attached hydrogens (tertiary/aromatic N) is 3. The Kier molecular flexibility index (Phi) is 6.07. The molecule has 0 saturated heterocycles. The Balaban J connectivity index is 6.03. The van der Waals surface area contributed by atoms with Gasteiger partial charge in [0.15, 0.2) is 0 Å². The van der Waals surface area contributed by atoms with Crippen molar-refractivity contribution in [1.82, 2.24) is 0 Å². The van der Waals surface area contributed by atoms with Crippen molar-refractivity contribution in [1.29, 1.82) is 0 Å². The first-order chi connectivity index (χ1) is 8.39. The first-order valence-electron chi connectivity index (χ1n) is 5.64. The van der Waals surface area contributed by atoms with Gasteiger partial charge in [-0.05, 0) is 6.42 Å². The summed E-state index contributed by atoms with van der Waals surface area (Å²) in [6.07, 6.45) is 5.40. The zero-order valence-corrected chi connectivity index (χ0v) is 11.1. The monoisotopic (exact) mass is 251 g/mol. The van der Waals surface area contributed by atoms with Crippen LogP contribution in [0.4, 0.5) is 0 Å². The van der Waals surface area contributed by atoms with Gasteiger partial charge in [0.2, 0.25) is 23.9 Å². The fraction of sp³-hybridized carbons (Fsp3) is 0.750. The van der Waals surface area contributed by atoms with E-state index >= 15 is 0 Å². The maximum absolute atomic E-state index is 10.6. The second-order valence-corrected chi connectivity index (χ2v) is 4.91. The van der Waals surface area contributed by atoms with E-state index < -0.39 is 17.1 Å². The van der Waals surface area contributed by atoms with E-state index in [0.29, 0.717) is 12.8 Å². The zero-order chi connectivity index (χ0) is 14.2. The summed E-state index contributed by atoms with van der Waals surface area (Å²) in [6, 6.07) is -0.733. The minimum Gasteiger partial charge on any atom is -0.211 e. The normalized spacial score (nSPS) is 15.3. The van der Waals surface area contributed by atoms with Crippen LogP contribution in [0, 0.1) is 5.41 Å². The Bertz CT molecular complexity index is 402. The van der Waals surface area contributed by atoms with Crippen molar-refractivity contribution in [2.24, 2.45) is 20.4 Å². The molecule has 6 heteroatoms. The Hall–Kier alpha value is -1.86. The lowest BCUT2D eigenvalue weighted by molar-refractivity contribution is 0.158. The predicted octanol–water partition coefficient (Wildman–Crippen LogP) is 1.90. The second-order valence-electron chi connectivity index (χ2n) is 4.91. The maximum Gasteiger partial charge on any atom is 0.237 e. The molecule has 0 aromatic rings. The largest absolute Gasteiger partial charge is 0.237 e. The summed E-state index contributed by atoms with van der Waals surface area (Å²) in [5, 5.41) is 0. The van der Waals surface area contributed by atoms with Gasteiger partial charge in [-0.25, -0.2) is 14.4 Å². The Labute approximate surface area is 106 Å². The van der Waals surface area contributed by atoms with Crippen LogP contribution in [-0.2, 0) is 14.4 Å². The number of carbonyl (C=O) groups excluding carboxylic acids is 3. The molecule has 0 aromatic heterocycles. The van der Waals surface area contributed by atoms with Gasteiger partial charge in [0, 0.05) is 5.41 Å². The number of hydrogen-bond donors (Lipinski definition) is 0. The molecule has 0 saturated carbocycles. The lowest BCUT2D eigenvalue weighted by Gasteiger charge is -2.39. The highest BCUT2D eigenvalue weighted by molar-refractivity contribution is 5.42. The van der Waals surface area contributed by atoms with E-state index in [0.717, 1.165) is 0 Å². The van der Waals surface area contributed by atoms with E-state index in [1.54, 1.807) is 20.8 Å². The van der Waals surface area contributed by atoms with Gasteiger partial charge in [-0.15, -0.1) is 0 Å². The Morgan fingerprint density at radius 1 is 1.00 bits per heavy atom. The van der Waals surface area contributed by atoms with Gasteiger partial charge in [0.1, 0.15) is 6.04 Å². The molecule has 0 aliphatic rings. The lowest BCUT2D eigenvalue weighted by Crippen LogP contribution is -2.48. The number of hydrogen-bond acceptors (Lipinski definition) is 6. The van der Waals surface area contributed by atoms with Crippen LogP contribution < -0.4 is 0 Å². The van der Waals surface area contributed by atoms with Crippen molar-refractivity contribution in [3.63, 3.8) is 0 Å². The quantitative estimate of drug-likeness (QED) is 0.533. The van der Waals surface area contributed by atoms with Crippen LogP contribution in [0.2, 0.25) is 0 Å². The molecule has 0 aromatic carbocycles. The Morgan fingerprint density at radius 2 is 1.50 bits per heavy atom. The van der Waals surface area contributed by atoms with Crippen molar-refractivity contribution in [2.75, 3.05) is 0 Å². The molecule has 0 amide bonds. The zero-order valence-electron chi connectivity index (χ0n) is 11.1. The predicted molar refractivity (Wildman–Crippen MR) is 65.2 cm³/mol. The average Bonchev–Trinajstić information content (AvgIpc) is 2.27. The molecule has 0 N–H and O–H groups in total. The van der Waals surface area contributed by atoms with Crippen LogP contribution in [0.3, 0.4) is 0 Å². The van der Waals surface area contributed by atoms with Crippen LogP contribution in [0.25, 0.3) is 0 Å². The van der Waals surface area contributed by atoms with Gasteiger partial charge in [-0.2, -0.15) is 15.0 Å². The van der Waals surface area contributed by atoms with Crippen molar-refractivity contribution >= 4 is 18.2 Å². The lowest BCUT2D eigenvalue weighted by atomic mass is 9.75. The highest BCUT2D eigenvalue weighted by Gasteiger charge is 2.49. The maximum atomic E-state index is 10.6. The molecule has 1 unspecified atom stereocenters. The highest BCUT2D eigenvalue weighted by Crippen LogP contribution is 2.40. The molecule has 0 rings (SSSR count). The van der Waals surface area contributed by atoms with Crippen molar-refractivity contribution < 1.29 is 14.4 Å². The van der Waals surface area contributed by atoms with Crippen molar-refractivity contribution in [3.8, 4) is 0 Å². The molecular formula is C12H17N3O3. The van der Waals surface area contributed by atoms with Gasteiger partial charge in [0.25, 0.3) is 0 Å². The topological polar surface area (TPSA) is 88.3 Å². The molecule has 0 bridgehead atoms. The summed E-state index contributed by atoms with van der Waals surface area (Å²) >= 11 is 0. The summed E-state index contributed by atoms with van der Waals surface area (Å²) in [7, 11) is 0. The van der Waals surface area contributed by atoms with Gasteiger partial charge in [-0.1, -0.05) is 34.1 Å². The van der Waals surface area contributed by atoms with Crippen molar-refractivity contribution in [2.45, 2.75) is 52.2 Å². The van der Waals surface area contributed by atoms with E-state index in [4.69, 9.17) is 0 Å². The van der Waals surface area contributed by atoms with Crippen LogP contribution in [0.5, 0.6) is 0 Å². The fourth-order valence-corrected chi connectivity index (χ4v) is 1.84. The van der Waals surface area contributed by atoms with Crippen LogP contribution in [0.15, 0.2) is 15.0 Å². The summed E-state index contributed by atoms with van der Waals surface area (Å²) in [4.78, 5) is 42.7.